The molecular formula is C24H23NO4S. The van der Waals surface area contributed by atoms with Crippen LogP contribution >= 0.6 is 11.8 Å². The standard InChI is InChI=1S/C24H23NO4S/c1-14-5-10-19-18(12-14)22(26)20-21(15-6-8-17(30-2)9-7-15)25(24(27)23(20)29-19)13-16-4-3-11-28-16/h5-10,12,16,21H,3-4,11,13H2,1-2H3/t16-,21-/m1/s1. The van der Waals surface area contributed by atoms with Crippen molar-refractivity contribution in [3.8, 4) is 0 Å². The summed E-state index contributed by atoms with van der Waals surface area (Å²) in [5, 5.41) is 0.520. The number of amides is 1. The fraction of sp³-hybridized carbons (Fsp3) is 0.333. The molecule has 1 aromatic heterocycles. The Morgan fingerprint density at radius 1 is 1.13 bits per heavy atom. The Bertz CT molecular complexity index is 1180. The minimum Gasteiger partial charge on any atom is -0.450 e. The second kappa shape index (κ2) is 7.60. The minimum atomic E-state index is -0.464. The predicted molar refractivity (Wildman–Crippen MR) is 117 cm³/mol. The van der Waals surface area contributed by atoms with Gasteiger partial charge in [-0.15, -0.1) is 11.8 Å². The van der Waals surface area contributed by atoms with Crippen LogP contribution in [0.1, 0.15) is 46.1 Å². The number of aryl methyl sites for hydroxylation is 1. The first-order valence-corrected chi connectivity index (χ1v) is 11.4. The largest absolute Gasteiger partial charge is 0.450 e. The van der Waals surface area contributed by atoms with Gasteiger partial charge >= 0.3 is 0 Å². The van der Waals surface area contributed by atoms with Crippen LogP contribution in [0.25, 0.3) is 11.0 Å². The summed E-state index contributed by atoms with van der Waals surface area (Å²) in [5.41, 5.74) is 2.66. The van der Waals surface area contributed by atoms with Crippen molar-refractivity contribution in [3.05, 3.63) is 75.1 Å². The smallest absolute Gasteiger partial charge is 0.291 e. The molecule has 0 N–H and O–H groups in total. The highest BCUT2D eigenvalue weighted by atomic mass is 32.2. The minimum absolute atomic E-state index is 0.0111. The number of hydrogen-bond acceptors (Lipinski definition) is 5. The topological polar surface area (TPSA) is 59.8 Å². The molecule has 3 heterocycles. The van der Waals surface area contributed by atoms with Crippen LogP contribution in [0.15, 0.2) is 56.6 Å². The van der Waals surface area contributed by atoms with E-state index in [1.807, 2.05) is 49.6 Å². The van der Waals surface area contributed by atoms with E-state index in [1.54, 1.807) is 22.7 Å². The van der Waals surface area contributed by atoms with Gasteiger partial charge < -0.3 is 14.1 Å². The van der Waals surface area contributed by atoms with Gasteiger partial charge in [-0.2, -0.15) is 0 Å². The van der Waals surface area contributed by atoms with Crippen molar-refractivity contribution < 1.29 is 13.9 Å². The fourth-order valence-electron chi connectivity index (χ4n) is 4.46. The van der Waals surface area contributed by atoms with Crippen LogP contribution in [-0.2, 0) is 4.74 Å². The summed E-state index contributed by atoms with van der Waals surface area (Å²) in [6.07, 6.45) is 3.92. The highest BCUT2D eigenvalue weighted by Gasteiger charge is 2.43. The maximum Gasteiger partial charge on any atom is 0.291 e. The number of rotatable bonds is 4. The quantitative estimate of drug-likeness (QED) is 0.579. The highest BCUT2D eigenvalue weighted by molar-refractivity contribution is 7.98. The Morgan fingerprint density at radius 2 is 1.93 bits per heavy atom. The molecule has 2 atom stereocenters. The summed E-state index contributed by atoms with van der Waals surface area (Å²) >= 11 is 1.66. The van der Waals surface area contributed by atoms with Crippen LogP contribution in [0, 0.1) is 6.92 Å². The fourth-order valence-corrected chi connectivity index (χ4v) is 4.87. The number of thioether (sulfide) groups is 1. The predicted octanol–water partition coefficient (Wildman–Crippen LogP) is 4.55. The second-order valence-electron chi connectivity index (χ2n) is 7.94. The third-order valence-corrected chi connectivity index (χ3v) is 6.72. The van der Waals surface area contributed by atoms with Crippen molar-refractivity contribution in [2.24, 2.45) is 0 Å². The van der Waals surface area contributed by atoms with E-state index in [9.17, 15) is 9.59 Å². The molecule has 5 nitrogen and oxygen atoms in total. The lowest BCUT2D eigenvalue weighted by atomic mass is 9.98. The average Bonchev–Trinajstić information content (AvgIpc) is 3.37. The van der Waals surface area contributed by atoms with E-state index in [0.717, 1.165) is 28.9 Å². The van der Waals surface area contributed by atoms with Crippen LogP contribution in [0.4, 0.5) is 0 Å². The van der Waals surface area contributed by atoms with Gasteiger partial charge in [0.05, 0.1) is 23.1 Å². The molecule has 0 aliphatic carbocycles. The molecule has 2 aliphatic heterocycles. The van der Waals surface area contributed by atoms with Crippen molar-refractivity contribution in [1.82, 2.24) is 4.90 Å². The molecule has 0 radical (unpaired) electrons. The Balaban J connectivity index is 1.69. The molecule has 3 aromatic rings. The van der Waals surface area contributed by atoms with Crippen LogP contribution < -0.4 is 5.43 Å². The van der Waals surface area contributed by atoms with Crippen LogP contribution in [0.3, 0.4) is 0 Å². The second-order valence-corrected chi connectivity index (χ2v) is 8.82. The lowest BCUT2D eigenvalue weighted by Crippen LogP contribution is -2.36. The number of hydrogen-bond donors (Lipinski definition) is 0. The first kappa shape index (κ1) is 19.4. The van der Waals surface area contributed by atoms with Gasteiger partial charge in [-0.3, -0.25) is 9.59 Å². The number of carbonyl (C=O) groups is 1. The summed E-state index contributed by atoms with van der Waals surface area (Å²) < 4.78 is 11.8. The summed E-state index contributed by atoms with van der Waals surface area (Å²) in [5.74, 6) is -0.0766. The average molecular weight is 422 g/mol. The number of ether oxygens (including phenoxy) is 1. The van der Waals surface area contributed by atoms with Gasteiger partial charge in [-0.25, -0.2) is 0 Å². The molecule has 0 spiro atoms. The number of benzene rings is 2. The molecule has 1 amide bonds. The molecule has 0 bridgehead atoms. The third kappa shape index (κ3) is 3.15. The van der Waals surface area contributed by atoms with Crippen molar-refractivity contribution in [2.45, 2.75) is 36.8 Å². The van der Waals surface area contributed by atoms with Crippen LogP contribution in [0.5, 0.6) is 0 Å². The Labute approximate surface area is 179 Å². The molecule has 2 aromatic carbocycles. The number of nitrogens with zero attached hydrogens (tertiary/aromatic N) is 1. The SMILES string of the molecule is CSc1ccc([C@@H]2c3c(oc4ccc(C)cc4c3=O)C(=O)N2C[C@H]2CCCO2)cc1. The van der Waals surface area contributed by atoms with Gasteiger partial charge in [-0.1, -0.05) is 23.8 Å². The van der Waals surface area contributed by atoms with Crippen molar-refractivity contribution in [3.63, 3.8) is 0 Å². The number of fused-ring (bicyclic) bond motifs is 2. The summed E-state index contributed by atoms with van der Waals surface area (Å²) in [6.45, 7) is 3.11. The van der Waals surface area contributed by atoms with Crippen molar-refractivity contribution in [1.29, 1.82) is 0 Å². The molecule has 6 heteroatoms. The van der Waals surface area contributed by atoms with Gasteiger partial charge in [-0.05, 0) is 55.9 Å². The van der Waals surface area contributed by atoms with Gasteiger partial charge in [0.25, 0.3) is 5.91 Å². The van der Waals surface area contributed by atoms with E-state index >= 15 is 0 Å². The molecule has 30 heavy (non-hydrogen) atoms. The third-order valence-electron chi connectivity index (χ3n) is 5.98. The van der Waals surface area contributed by atoms with Gasteiger partial charge in [0.1, 0.15) is 5.58 Å². The Hall–Kier alpha value is -2.57. The maximum absolute atomic E-state index is 13.5. The summed E-state index contributed by atoms with van der Waals surface area (Å²) in [6, 6.07) is 13.1. The van der Waals surface area contributed by atoms with E-state index in [0.29, 0.717) is 29.7 Å². The summed E-state index contributed by atoms with van der Waals surface area (Å²) in [4.78, 5) is 29.8. The molecule has 5 rings (SSSR count). The lowest BCUT2D eigenvalue weighted by molar-refractivity contribution is 0.0486. The Morgan fingerprint density at radius 3 is 2.63 bits per heavy atom. The van der Waals surface area contributed by atoms with Crippen molar-refractivity contribution in [2.75, 3.05) is 19.4 Å². The Kier molecular flexibility index (Phi) is 4.91. The van der Waals surface area contributed by atoms with Gasteiger partial charge in [0, 0.05) is 18.0 Å². The van der Waals surface area contributed by atoms with Crippen LogP contribution in [-0.4, -0.2) is 36.3 Å². The molecule has 2 aliphatic rings. The van der Waals surface area contributed by atoms with E-state index in [2.05, 4.69) is 0 Å². The zero-order chi connectivity index (χ0) is 20.8. The highest BCUT2D eigenvalue weighted by Crippen LogP contribution is 2.39. The first-order chi connectivity index (χ1) is 14.6. The maximum atomic E-state index is 13.5. The van der Waals surface area contributed by atoms with Gasteiger partial charge in [0.2, 0.25) is 5.76 Å². The molecule has 0 unspecified atom stereocenters. The van der Waals surface area contributed by atoms with Crippen molar-refractivity contribution >= 4 is 28.6 Å². The number of carbonyl (C=O) groups excluding carboxylic acids is 1. The zero-order valence-corrected chi connectivity index (χ0v) is 17.8. The molecule has 154 valence electrons. The van der Waals surface area contributed by atoms with E-state index in [1.165, 1.54) is 0 Å². The zero-order valence-electron chi connectivity index (χ0n) is 17.0. The first-order valence-electron chi connectivity index (χ1n) is 10.2. The monoisotopic (exact) mass is 421 g/mol. The van der Waals surface area contributed by atoms with Crippen LogP contribution in [0.2, 0.25) is 0 Å². The lowest BCUT2D eigenvalue weighted by Gasteiger charge is -2.27. The molecular weight excluding hydrogens is 398 g/mol. The molecule has 1 fully saturated rings. The molecule has 0 saturated carbocycles. The van der Waals surface area contributed by atoms with E-state index in [-0.39, 0.29) is 23.2 Å². The summed E-state index contributed by atoms with van der Waals surface area (Å²) in [7, 11) is 0. The van der Waals surface area contributed by atoms with E-state index in [4.69, 9.17) is 9.15 Å². The van der Waals surface area contributed by atoms with E-state index < -0.39 is 6.04 Å². The normalized spacial score (nSPS) is 20.9. The van der Waals surface area contributed by atoms with Gasteiger partial charge in [0.15, 0.2) is 5.43 Å². The molecule has 1 saturated heterocycles.